The number of aromatic nitrogens is 4. The normalized spacial score (nSPS) is 18.5. The van der Waals surface area contributed by atoms with Gasteiger partial charge in [-0.05, 0) is 85.7 Å². The van der Waals surface area contributed by atoms with E-state index in [1.807, 2.05) is 47.4 Å². The van der Waals surface area contributed by atoms with Crippen LogP contribution in [0.25, 0.3) is 11.0 Å². The Bertz CT molecular complexity index is 1980. The van der Waals surface area contributed by atoms with Crippen molar-refractivity contribution < 1.29 is 4.79 Å². The highest BCUT2D eigenvalue weighted by Crippen LogP contribution is 2.27. The summed E-state index contributed by atoms with van der Waals surface area (Å²) in [4.78, 5) is 17.7. The molecule has 0 aliphatic carbocycles. The van der Waals surface area contributed by atoms with Gasteiger partial charge in [-0.2, -0.15) is 10.2 Å². The highest BCUT2D eigenvalue weighted by Gasteiger charge is 2.26. The first-order chi connectivity index (χ1) is 24.9. The zero-order valence-electron chi connectivity index (χ0n) is 29.3. The van der Waals surface area contributed by atoms with Crippen LogP contribution in [0.3, 0.4) is 0 Å². The first kappa shape index (κ1) is 37.1. The van der Waals surface area contributed by atoms with E-state index in [0.29, 0.717) is 18.5 Å². The van der Waals surface area contributed by atoms with Gasteiger partial charge < -0.3 is 19.9 Å². The molecule has 11 heteroatoms. The van der Waals surface area contributed by atoms with Crippen molar-refractivity contribution in [1.82, 2.24) is 39.2 Å². The summed E-state index contributed by atoms with van der Waals surface area (Å²) in [6.45, 7) is 7.70. The number of fused-ring (bicyclic) bond motifs is 2. The molecule has 0 amide bonds. The average molecular weight is 815 g/mol. The first-order valence-corrected chi connectivity index (χ1v) is 19.1. The number of nitrogens with one attached hydrogen (secondary N) is 1. The van der Waals surface area contributed by atoms with E-state index >= 15 is 0 Å². The van der Waals surface area contributed by atoms with Crippen molar-refractivity contribution in [3.8, 4) is 0 Å². The van der Waals surface area contributed by atoms with E-state index in [1.54, 1.807) is 10.7 Å². The maximum absolute atomic E-state index is 10.3. The second-order valence-electron chi connectivity index (χ2n) is 13.2. The van der Waals surface area contributed by atoms with Gasteiger partial charge in [0.1, 0.15) is 6.29 Å². The number of pyridine rings is 2. The molecule has 9 nitrogen and oxygen atoms in total. The number of likely N-dealkylation sites (N-methyl/N-ethyl adjacent to an activating group) is 2. The van der Waals surface area contributed by atoms with Crippen LogP contribution in [0.2, 0.25) is 0 Å². The molecule has 266 valence electrons. The molecule has 4 aromatic heterocycles. The number of rotatable bonds is 7. The lowest BCUT2D eigenvalue weighted by Crippen LogP contribution is -2.47. The van der Waals surface area contributed by atoms with Gasteiger partial charge in [0, 0.05) is 91.2 Å². The van der Waals surface area contributed by atoms with Crippen LogP contribution in [0.4, 0.5) is 0 Å². The molecule has 2 aliphatic heterocycles. The topological polar surface area (TPSA) is 73.4 Å². The number of benzene rings is 2. The molecule has 8 rings (SSSR count). The second-order valence-corrected chi connectivity index (χ2v) is 15.0. The zero-order valence-corrected chi connectivity index (χ0v) is 32.5. The van der Waals surface area contributed by atoms with Gasteiger partial charge in [0.2, 0.25) is 0 Å². The van der Waals surface area contributed by atoms with E-state index in [4.69, 9.17) is 0 Å². The molecule has 6 heterocycles. The van der Waals surface area contributed by atoms with Crippen LogP contribution < -0.4 is 5.32 Å². The Labute approximate surface area is 317 Å². The van der Waals surface area contributed by atoms with Crippen molar-refractivity contribution in [3.63, 3.8) is 0 Å². The second kappa shape index (κ2) is 18.2. The monoisotopic (exact) mass is 812 g/mol. The molecule has 2 unspecified atom stereocenters. The minimum Gasteiger partial charge on any atom is -0.308 e. The average Bonchev–Trinajstić information content (AvgIpc) is 3.77. The predicted molar refractivity (Wildman–Crippen MR) is 212 cm³/mol. The van der Waals surface area contributed by atoms with Gasteiger partial charge in [-0.3, -0.25) is 4.90 Å². The Hall–Kier alpha value is -3.71. The lowest BCUT2D eigenvalue weighted by atomic mass is 10.0. The SMILES string of the molecule is CN1CCN(CCc2cnn3ccccc23)C(c2ccc(Br)cc2)C1.CN1CCNC(c2ccc(Br)cc2)C1.O=CCc1cnn2ccccc12. The fourth-order valence-corrected chi connectivity index (χ4v) is 7.25. The molecule has 51 heavy (non-hydrogen) atoms. The van der Waals surface area contributed by atoms with Gasteiger partial charge in [0.15, 0.2) is 0 Å². The first-order valence-electron chi connectivity index (χ1n) is 17.5. The number of piperazine rings is 2. The van der Waals surface area contributed by atoms with Gasteiger partial charge in [0.25, 0.3) is 0 Å². The fraction of sp³-hybridized carbons (Fsp3) is 0.325. The molecular formula is C40H46Br2N8O. The molecule has 6 aromatic rings. The molecule has 2 fully saturated rings. The summed E-state index contributed by atoms with van der Waals surface area (Å²) in [5.74, 6) is 0. The van der Waals surface area contributed by atoms with Gasteiger partial charge in [-0.1, -0.05) is 68.3 Å². The van der Waals surface area contributed by atoms with E-state index in [9.17, 15) is 4.79 Å². The Morgan fingerprint density at radius 2 is 1.31 bits per heavy atom. The van der Waals surface area contributed by atoms with Crippen molar-refractivity contribution in [2.75, 3.05) is 59.9 Å². The number of halogens is 2. The maximum atomic E-state index is 10.3. The van der Waals surface area contributed by atoms with Gasteiger partial charge in [-0.25, -0.2) is 9.03 Å². The van der Waals surface area contributed by atoms with E-state index in [0.717, 1.165) is 78.5 Å². The number of carbonyl (C=O) groups is 1. The third-order valence-corrected chi connectivity index (χ3v) is 10.6. The lowest BCUT2D eigenvalue weighted by Gasteiger charge is -2.40. The fourth-order valence-electron chi connectivity index (χ4n) is 6.72. The quantitative estimate of drug-likeness (QED) is 0.180. The predicted octanol–water partition coefficient (Wildman–Crippen LogP) is 6.73. The van der Waals surface area contributed by atoms with Gasteiger partial charge in [-0.15, -0.1) is 0 Å². The summed E-state index contributed by atoms with van der Waals surface area (Å²) in [7, 11) is 4.39. The molecule has 2 aromatic carbocycles. The zero-order chi connectivity index (χ0) is 35.6. The molecule has 0 saturated carbocycles. The number of hydrogen-bond donors (Lipinski definition) is 1. The smallest absolute Gasteiger partial charge is 0.124 e. The summed E-state index contributed by atoms with van der Waals surface area (Å²) < 4.78 is 6.01. The van der Waals surface area contributed by atoms with E-state index < -0.39 is 0 Å². The van der Waals surface area contributed by atoms with Crippen LogP contribution in [-0.4, -0.2) is 100 Å². The molecule has 2 atom stereocenters. The summed E-state index contributed by atoms with van der Waals surface area (Å²) >= 11 is 6.99. The Kier molecular flexibility index (Phi) is 13.2. The Morgan fingerprint density at radius 1 is 0.725 bits per heavy atom. The largest absolute Gasteiger partial charge is 0.308 e. The van der Waals surface area contributed by atoms with Crippen LogP contribution in [0.5, 0.6) is 0 Å². The Morgan fingerprint density at radius 3 is 1.94 bits per heavy atom. The minimum atomic E-state index is 0.438. The summed E-state index contributed by atoms with van der Waals surface area (Å²) in [6, 6.07) is 30.3. The van der Waals surface area contributed by atoms with Crippen LogP contribution in [-0.2, 0) is 17.6 Å². The number of nitrogens with zero attached hydrogens (tertiary/aromatic N) is 7. The van der Waals surface area contributed by atoms with Crippen LogP contribution in [0.1, 0.15) is 34.3 Å². The molecular weight excluding hydrogens is 768 g/mol. The highest BCUT2D eigenvalue weighted by atomic mass is 79.9. The standard InChI is InChI=1S/C20H23BrN4.C11H15BrN2.C9H8N2O/c1-23-12-13-24(20(15-23)16-5-7-18(21)8-6-16)11-9-17-14-22-25-10-3-2-4-19(17)25;1-14-7-6-13-11(8-14)9-2-4-10(12)5-3-9;12-6-4-8-7-10-11-5-2-1-3-9(8)11/h2-8,10,14,20H,9,11-13,15H2,1H3;2-5,11,13H,6-8H2,1H3;1-3,5-7H,4H2. The van der Waals surface area contributed by atoms with E-state index in [2.05, 4.69) is 137 Å². The lowest BCUT2D eigenvalue weighted by molar-refractivity contribution is -0.107. The van der Waals surface area contributed by atoms with Gasteiger partial charge in [0.05, 0.1) is 23.4 Å². The summed E-state index contributed by atoms with van der Waals surface area (Å²) in [6.07, 6.45) is 9.98. The Balaban J connectivity index is 0.000000145. The third-order valence-electron chi connectivity index (χ3n) is 9.58. The van der Waals surface area contributed by atoms with Crippen LogP contribution in [0, 0.1) is 0 Å². The minimum absolute atomic E-state index is 0.438. The number of aldehydes is 1. The molecule has 0 bridgehead atoms. The molecule has 1 N–H and O–H groups in total. The summed E-state index contributed by atoms with van der Waals surface area (Å²) in [5, 5.41) is 12.1. The maximum Gasteiger partial charge on any atom is 0.124 e. The molecule has 2 saturated heterocycles. The molecule has 2 aliphatic rings. The van der Waals surface area contributed by atoms with Crippen molar-refractivity contribution in [2.24, 2.45) is 0 Å². The van der Waals surface area contributed by atoms with Crippen molar-refractivity contribution in [3.05, 3.63) is 141 Å². The number of carbonyl (C=O) groups excluding carboxylic acids is 1. The van der Waals surface area contributed by atoms with Crippen molar-refractivity contribution >= 4 is 49.2 Å². The van der Waals surface area contributed by atoms with Crippen LogP contribution in [0.15, 0.2) is 119 Å². The highest BCUT2D eigenvalue weighted by molar-refractivity contribution is 9.10. The van der Waals surface area contributed by atoms with Crippen molar-refractivity contribution in [2.45, 2.75) is 24.9 Å². The van der Waals surface area contributed by atoms with E-state index in [-0.39, 0.29) is 0 Å². The van der Waals surface area contributed by atoms with Crippen LogP contribution >= 0.6 is 31.9 Å². The van der Waals surface area contributed by atoms with Gasteiger partial charge >= 0.3 is 0 Å². The molecule has 0 radical (unpaired) electrons. The number of hydrogen-bond acceptors (Lipinski definition) is 7. The van der Waals surface area contributed by atoms with Crippen molar-refractivity contribution in [1.29, 1.82) is 0 Å². The summed E-state index contributed by atoms with van der Waals surface area (Å²) in [5.41, 5.74) is 7.30. The van der Waals surface area contributed by atoms with E-state index in [1.165, 1.54) is 22.2 Å². The third kappa shape index (κ3) is 10.0. The molecule has 0 spiro atoms.